The van der Waals surface area contributed by atoms with Gasteiger partial charge in [-0.05, 0) is 18.2 Å². The summed E-state index contributed by atoms with van der Waals surface area (Å²) in [6.45, 7) is 3.33. The van der Waals surface area contributed by atoms with Gasteiger partial charge >= 0.3 is 0 Å². The minimum absolute atomic E-state index is 0.293. The molecule has 0 atom stereocenters. The van der Waals surface area contributed by atoms with Crippen molar-refractivity contribution in [3.05, 3.63) is 42.5 Å². The van der Waals surface area contributed by atoms with Crippen molar-refractivity contribution in [2.75, 3.05) is 36.0 Å². The third-order valence-corrected chi connectivity index (χ3v) is 3.48. The summed E-state index contributed by atoms with van der Waals surface area (Å²) < 4.78 is 0. The SMILES string of the molecule is NC(=O)c1cc(N2CCN(c3ncccn3)CC2)ccn1. The van der Waals surface area contributed by atoms with E-state index < -0.39 is 5.91 Å². The van der Waals surface area contributed by atoms with Gasteiger partial charge in [0.25, 0.3) is 5.91 Å². The molecular weight excluding hydrogens is 268 g/mol. The lowest BCUT2D eigenvalue weighted by Gasteiger charge is -2.36. The van der Waals surface area contributed by atoms with Crippen LogP contribution < -0.4 is 15.5 Å². The van der Waals surface area contributed by atoms with E-state index >= 15 is 0 Å². The van der Waals surface area contributed by atoms with E-state index in [0.29, 0.717) is 5.69 Å². The van der Waals surface area contributed by atoms with Crippen LogP contribution in [-0.2, 0) is 0 Å². The highest BCUT2D eigenvalue weighted by molar-refractivity contribution is 5.91. The zero-order valence-corrected chi connectivity index (χ0v) is 11.5. The van der Waals surface area contributed by atoms with E-state index in [-0.39, 0.29) is 0 Å². The maximum absolute atomic E-state index is 11.2. The number of nitrogens with two attached hydrogens (primary N) is 1. The van der Waals surface area contributed by atoms with Gasteiger partial charge in [0.05, 0.1) is 0 Å². The summed E-state index contributed by atoms with van der Waals surface area (Å²) in [6, 6.07) is 5.43. The molecule has 0 bridgehead atoms. The Bertz CT molecular complexity index is 624. The van der Waals surface area contributed by atoms with Crippen LogP contribution in [0.1, 0.15) is 10.5 Å². The third-order valence-electron chi connectivity index (χ3n) is 3.48. The summed E-state index contributed by atoms with van der Waals surface area (Å²) in [7, 11) is 0. The van der Waals surface area contributed by atoms with Crippen molar-refractivity contribution in [3.63, 3.8) is 0 Å². The predicted octanol–water partition coefficient (Wildman–Crippen LogP) is 0.297. The Kier molecular flexibility index (Phi) is 3.63. The predicted molar refractivity (Wildman–Crippen MR) is 79.2 cm³/mol. The van der Waals surface area contributed by atoms with Crippen molar-refractivity contribution in [1.29, 1.82) is 0 Å². The van der Waals surface area contributed by atoms with Gasteiger partial charge in [-0.15, -0.1) is 0 Å². The monoisotopic (exact) mass is 284 g/mol. The number of carbonyl (C=O) groups excluding carboxylic acids is 1. The van der Waals surface area contributed by atoms with Crippen molar-refractivity contribution in [1.82, 2.24) is 15.0 Å². The minimum Gasteiger partial charge on any atom is -0.368 e. The standard InChI is InChI=1S/C14H16N6O/c15-13(21)12-10-11(2-5-16-12)19-6-8-20(9-7-19)14-17-3-1-4-18-14/h1-5,10H,6-9H2,(H2,15,21). The van der Waals surface area contributed by atoms with Gasteiger partial charge in [-0.3, -0.25) is 9.78 Å². The molecule has 7 nitrogen and oxygen atoms in total. The van der Waals surface area contributed by atoms with Crippen LogP contribution in [0.2, 0.25) is 0 Å². The van der Waals surface area contributed by atoms with Gasteiger partial charge in [-0.1, -0.05) is 0 Å². The number of piperazine rings is 1. The number of pyridine rings is 1. The molecule has 0 radical (unpaired) electrons. The molecule has 0 spiro atoms. The van der Waals surface area contributed by atoms with E-state index in [2.05, 4.69) is 24.8 Å². The summed E-state index contributed by atoms with van der Waals surface area (Å²) in [5, 5.41) is 0. The molecule has 1 aliphatic heterocycles. The normalized spacial score (nSPS) is 15.0. The number of carbonyl (C=O) groups is 1. The highest BCUT2D eigenvalue weighted by atomic mass is 16.1. The summed E-state index contributed by atoms with van der Waals surface area (Å²) in [5.41, 5.74) is 6.52. The number of nitrogens with zero attached hydrogens (tertiary/aromatic N) is 5. The van der Waals surface area contributed by atoms with Crippen LogP contribution in [0, 0.1) is 0 Å². The Balaban J connectivity index is 1.68. The molecule has 1 fully saturated rings. The summed E-state index contributed by atoms with van der Waals surface area (Å²) in [4.78, 5) is 28.0. The van der Waals surface area contributed by atoms with Gasteiger partial charge in [-0.2, -0.15) is 0 Å². The average Bonchev–Trinajstić information content (AvgIpc) is 2.56. The maximum atomic E-state index is 11.2. The van der Waals surface area contributed by atoms with Gasteiger partial charge in [0.15, 0.2) is 0 Å². The van der Waals surface area contributed by atoms with Crippen molar-refractivity contribution < 1.29 is 4.79 Å². The molecule has 0 unspecified atom stereocenters. The van der Waals surface area contributed by atoms with E-state index in [1.54, 1.807) is 24.7 Å². The number of rotatable bonds is 3. The molecule has 108 valence electrons. The van der Waals surface area contributed by atoms with Gasteiger partial charge in [0, 0.05) is 50.5 Å². The van der Waals surface area contributed by atoms with E-state index in [1.165, 1.54) is 0 Å². The Morgan fingerprint density at radius 2 is 1.67 bits per heavy atom. The molecule has 21 heavy (non-hydrogen) atoms. The first-order valence-corrected chi connectivity index (χ1v) is 6.77. The maximum Gasteiger partial charge on any atom is 0.267 e. The van der Waals surface area contributed by atoms with Crippen LogP contribution in [0.25, 0.3) is 0 Å². The van der Waals surface area contributed by atoms with Crippen LogP contribution in [0.4, 0.5) is 11.6 Å². The van der Waals surface area contributed by atoms with Crippen LogP contribution in [-0.4, -0.2) is 47.0 Å². The first-order valence-electron chi connectivity index (χ1n) is 6.77. The highest BCUT2D eigenvalue weighted by Crippen LogP contribution is 2.18. The van der Waals surface area contributed by atoms with Crippen LogP contribution in [0.5, 0.6) is 0 Å². The topological polar surface area (TPSA) is 88.2 Å². The molecule has 0 aromatic carbocycles. The van der Waals surface area contributed by atoms with E-state index in [1.807, 2.05) is 12.1 Å². The highest BCUT2D eigenvalue weighted by Gasteiger charge is 2.19. The molecule has 2 aromatic rings. The number of primary amides is 1. The zero-order chi connectivity index (χ0) is 14.7. The Morgan fingerprint density at radius 3 is 2.33 bits per heavy atom. The number of hydrogen-bond acceptors (Lipinski definition) is 6. The van der Waals surface area contributed by atoms with Crippen molar-refractivity contribution in [3.8, 4) is 0 Å². The fourth-order valence-electron chi connectivity index (χ4n) is 2.37. The first-order chi connectivity index (χ1) is 10.2. The number of anilines is 2. The third kappa shape index (κ3) is 2.91. The fraction of sp³-hybridized carbons (Fsp3) is 0.286. The fourth-order valence-corrected chi connectivity index (χ4v) is 2.37. The summed E-state index contributed by atoms with van der Waals surface area (Å²) in [5.74, 6) is 0.248. The van der Waals surface area contributed by atoms with E-state index in [4.69, 9.17) is 5.73 Å². The first kappa shape index (κ1) is 13.3. The van der Waals surface area contributed by atoms with Crippen LogP contribution in [0.3, 0.4) is 0 Å². The molecule has 0 saturated carbocycles. The second-order valence-electron chi connectivity index (χ2n) is 4.79. The molecule has 3 rings (SSSR count). The minimum atomic E-state index is -0.506. The molecule has 1 saturated heterocycles. The molecule has 2 N–H and O–H groups in total. The van der Waals surface area contributed by atoms with Crippen LogP contribution >= 0.6 is 0 Å². The van der Waals surface area contributed by atoms with Crippen molar-refractivity contribution in [2.24, 2.45) is 5.73 Å². The summed E-state index contributed by atoms with van der Waals surface area (Å²) in [6.07, 6.45) is 5.11. The van der Waals surface area contributed by atoms with Gasteiger partial charge in [0.1, 0.15) is 5.69 Å². The second-order valence-corrected chi connectivity index (χ2v) is 4.79. The van der Waals surface area contributed by atoms with Crippen molar-refractivity contribution in [2.45, 2.75) is 0 Å². The quantitative estimate of drug-likeness (QED) is 0.872. The average molecular weight is 284 g/mol. The Labute approximate surface area is 122 Å². The Hall–Kier alpha value is -2.70. The largest absolute Gasteiger partial charge is 0.368 e. The second kappa shape index (κ2) is 5.74. The molecule has 1 aliphatic rings. The number of aromatic nitrogens is 3. The molecule has 1 amide bonds. The molecule has 2 aromatic heterocycles. The summed E-state index contributed by atoms with van der Waals surface area (Å²) >= 11 is 0. The van der Waals surface area contributed by atoms with E-state index in [0.717, 1.165) is 37.8 Å². The lowest BCUT2D eigenvalue weighted by molar-refractivity contribution is 0.0995. The van der Waals surface area contributed by atoms with Crippen LogP contribution in [0.15, 0.2) is 36.8 Å². The van der Waals surface area contributed by atoms with Gasteiger partial charge in [-0.25, -0.2) is 9.97 Å². The Morgan fingerprint density at radius 1 is 1.00 bits per heavy atom. The number of hydrogen-bond donors (Lipinski definition) is 1. The van der Waals surface area contributed by atoms with Gasteiger partial charge in [0.2, 0.25) is 5.95 Å². The molecule has 7 heteroatoms. The number of amides is 1. The van der Waals surface area contributed by atoms with E-state index in [9.17, 15) is 4.79 Å². The lowest BCUT2D eigenvalue weighted by atomic mass is 10.2. The molecule has 0 aliphatic carbocycles. The molecule has 3 heterocycles. The molecular formula is C14H16N6O. The lowest BCUT2D eigenvalue weighted by Crippen LogP contribution is -2.47. The zero-order valence-electron chi connectivity index (χ0n) is 11.5. The smallest absolute Gasteiger partial charge is 0.267 e. The van der Waals surface area contributed by atoms with Gasteiger partial charge < -0.3 is 15.5 Å². The van der Waals surface area contributed by atoms with Crippen molar-refractivity contribution >= 4 is 17.5 Å².